The molecule has 0 radical (unpaired) electrons. The Morgan fingerprint density at radius 3 is 2.62 bits per heavy atom. The fraction of sp³-hybridized carbons (Fsp3) is 0.552. The third-order valence-electron chi connectivity index (χ3n) is 7.98. The minimum absolute atomic E-state index is 0.0144. The molecule has 3 aliphatic heterocycles. The molecule has 0 saturated carbocycles. The highest BCUT2D eigenvalue weighted by Gasteiger charge is 2.75. The molecule has 8 heteroatoms. The van der Waals surface area contributed by atoms with E-state index in [1.807, 2.05) is 38.1 Å². The molecular weight excluding hydrogens is 472 g/mol. The van der Waals surface area contributed by atoms with E-state index in [4.69, 9.17) is 9.47 Å². The molecule has 1 spiro atoms. The Bertz CT molecular complexity index is 1050. The van der Waals surface area contributed by atoms with Gasteiger partial charge in [0, 0.05) is 18.8 Å². The predicted molar refractivity (Wildman–Crippen MR) is 140 cm³/mol. The van der Waals surface area contributed by atoms with Crippen LogP contribution in [-0.4, -0.2) is 71.8 Å². The lowest BCUT2D eigenvalue weighted by Crippen LogP contribution is -2.57. The summed E-state index contributed by atoms with van der Waals surface area (Å²) in [4.78, 5) is 44.4. The third kappa shape index (κ3) is 4.61. The summed E-state index contributed by atoms with van der Waals surface area (Å²) in [6.45, 7) is 11.6. The van der Waals surface area contributed by atoms with E-state index in [2.05, 4.69) is 13.2 Å². The largest absolute Gasteiger partial charge is 0.465 e. The minimum Gasteiger partial charge on any atom is -0.465 e. The van der Waals surface area contributed by atoms with Crippen molar-refractivity contribution in [3.8, 4) is 0 Å². The normalized spacial score (nSPS) is 27.8. The number of anilines is 1. The van der Waals surface area contributed by atoms with Crippen LogP contribution in [0.2, 0.25) is 0 Å². The molecule has 3 aliphatic rings. The van der Waals surface area contributed by atoms with Crippen molar-refractivity contribution in [1.29, 1.82) is 0 Å². The fourth-order valence-electron chi connectivity index (χ4n) is 6.51. The molecule has 3 heterocycles. The summed E-state index contributed by atoms with van der Waals surface area (Å²) < 4.78 is 12.0. The van der Waals surface area contributed by atoms with Crippen molar-refractivity contribution >= 4 is 23.5 Å². The molecule has 3 saturated heterocycles. The summed E-state index contributed by atoms with van der Waals surface area (Å²) in [7, 11) is 0. The van der Waals surface area contributed by atoms with Crippen molar-refractivity contribution in [2.24, 2.45) is 11.8 Å². The highest BCUT2D eigenvalue weighted by atomic mass is 16.6. The van der Waals surface area contributed by atoms with Gasteiger partial charge in [-0.1, -0.05) is 30.4 Å². The Labute approximate surface area is 218 Å². The number of aliphatic hydroxyl groups is 1. The van der Waals surface area contributed by atoms with Gasteiger partial charge in [-0.15, -0.1) is 13.2 Å². The van der Waals surface area contributed by atoms with Crippen molar-refractivity contribution in [3.63, 3.8) is 0 Å². The molecule has 200 valence electrons. The maximum atomic E-state index is 14.3. The zero-order chi connectivity index (χ0) is 26.7. The summed E-state index contributed by atoms with van der Waals surface area (Å²) >= 11 is 0. The van der Waals surface area contributed by atoms with E-state index in [1.54, 1.807) is 11.0 Å². The maximum absolute atomic E-state index is 14.3. The van der Waals surface area contributed by atoms with Crippen LogP contribution in [0, 0.1) is 25.7 Å². The number of carbonyl (C=O) groups is 3. The van der Waals surface area contributed by atoms with Crippen molar-refractivity contribution in [2.75, 3.05) is 31.2 Å². The Balaban J connectivity index is 1.67. The Morgan fingerprint density at radius 1 is 1.24 bits per heavy atom. The first kappa shape index (κ1) is 27.1. The van der Waals surface area contributed by atoms with Crippen molar-refractivity contribution in [2.45, 2.75) is 63.7 Å². The van der Waals surface area contributed by atoms with Gasteiger partial charge in [-0.05, 0) is 57.1 Å². The molecule has 1 aromatic rings. The number of esters is 1. The number of aryl methyl sites for hydroxylation is 2. The van der Waals surface area contributed by atoms with Gasteiger partial charge < -0.3 is 24.4 Å². The molecule has 0 aromatic heterocycles. The van der Waals surface area contributed by atoms with E-state index < -0.39 is 35.6 Å². The zero-order valence-electron chi connectivity index (χ0n) is 21.9. The summed E-state index contributed by atoms with van der Waals surface area (Å²) in [6.07, 6.45) is 6.51. The van der Waals surface area contributed by atoms with Gasteiger partial charge in [0.05, 0.1) is 31.2 Å². The number of nitrogens with zero attached hydrogens (tertiary/aromatic N) is 2. The summed E-state index contributed by atoms with van der Waals surface area (Å²) in [5.74, 6) is -2.63. The summed E-state index contributed by atoms with van der Waals surface area (Å²) in [5, 5.41) is 9.81. The molecule has 1 N–H and O–H groups in total. The highest BCUT2D eigenvalue weighted by Crippen LogP contribution is 2.58. The fourth-order valence-corrected chi connectivity index (χ4v) is 6.51. The van der Waals surface area contributed by atoms with E-state index >= 15 is 0 Å². The van der Waals surface area contributed by atoms with Crippen LogP contribution in [0.25, 0.3) is 0 Å². The van der Waals surface area contributed by atoms with Crippen molar-refractivity contribution in [3.05, 3.63) is 54.6 Å². The highest BCUT2D eigenvalue weighted by molar-refractivity contribution is 6.05. The molecule has 2 unspecified atom stereocenters. The van der Waals surface area contributed by atoms with Crippen molar-refractivity contribution in [1.82, 2.24) is 4.90 Å². The van der Waals surface area contributed by atoms with E-state index in [0.717, 1.165) is 29.7 Å². The molecule has 8 nitrogen and oxygen atoms in total. The lowest BCUT2D eigenvalue weighted by molar-refractivity contribution is -0.155. The number of amides is 2. The number of allylic oxidation sites excluding steroid dienone is 1. The number of benzene rings is 1. The van der Waals surface area contributed by atoms with Crippen LogP contribution in [-0.2, 0) is 23.9 Å². The molecule has 37 heavy (non-hydrogen) atoms. The number of carbonyl (C=O) groups excluding carboxylic acids is 3. The number of aliphatic hydroxyl groups excluding tert-OH is 1. The quantitative estimate of drug-likeness (QED) is 0.264. The van der Waals surface area contributed by atoms with Crippen LogP contribution >= 0.6 is 0 Å². The number of para-hydroxylation sites is 1. The third-order valence-corrected chi connectivity index (χ3v) is 7.98. The average molecular weight is 511 g/mol. The SMILES string of the molecule is C=CCCCCOC(=O)[C@@H]1[C@H]2C(=O)N(CCO)C(C(=O)N(CC=C)c3c(C)cccc3C)C23CC[C@H]1O3. The van der Waals surface area contributed by atoms with Crippen LogP contribution in [0.1, 0.15) is 43.2 Å². The van der Waals surface area contributed by atoms with E-state index in [-0.39, 0.29) is 38.1 Å². The first-order chi connectivity index (χ1) is 17.8. The molecule has 4 rings (SSSR count). The Kier molecular flexibility index (Phi) is 8.19. The van der Waals surface area contributed by atoms with Gasteiger partial charge in [0.25, 0.3) is 5.91 Å². The number of ether oxygens (including phenoxy) is 2. The number of β-amino-alcohol motifs (C(OH)–C–C–N with tert-alkyl or cyclic N) is 1. The van der Waals surface area contributed by atoms with E-state index in [9.17, 15) is 19.5 Å². The van der Waals surface area contributed by atoms with E-state index in [1.165, 1.54) is 4.90 Å². The first-order valence-electron chi connectivity index (χ1n) is 13.2. The molecule has 3 fully saturated rings. The molecule has 0 aliphatic carbocycles. The minimum atomic E-state index is -1.13. The second kappa shape index (κ2) is 11.2. The molecule has 1 aromatic carbocycles. The second-order valence-electron chi connectivity index (χ2n) is 10.2. The van der Waals surface area contributed by atoms with Crippen LogP contribution in [0.15, 0.2) is 43.5 Å². The lowest BCUT2D eigenvalue weighted by atomic mass is 9.70. The maximum Gasteiger partial charge on any atom is 0.312 e. The van der Waals surface area contributed by atoms with Gasteiger partial charge in [0.1, 0.15) is 11.6 Å². The van der Waals surface area contributed by atoms with Gasteiger partial charge in [-0.2, -0.15) is 0 Å². The van der Waals surface area contributed by atoms with E-state index in [0.29, 0.717) is 19.3 Å². The smallest absolute Gasteiger partial charge is 0.312 e. The van der Waals surface area contributed by atoms with Gasteiger partial charge in [-0.25, -0.2) is 0 Å². The number of unbranched alkanes of at least 4 members (excludes halogenated alkanes) is 2. The average Bonchev–Trinajstić information content (AvgIpc) is 3.51. The second-order valence-corrected chi connectivity index (χ2v) is 10.2. The van der Waals surface area contributed by atoms with Crippen LogP contribution < -0.4 is 4.90 Å². The van der Waals surface area contributed by atoms with Crippen molar-refractivity contribution < 1.29 is 29.0 Å². The summed E-state index contributed by atoms with van der Waals surface area (Å²) in [6, 6.07) is 4.87. The molecular formula is C29H38N2O6. The zero-order valence-corrected chi connectivity index (χ0v) is 21.9. The summed E-state index contributed by atoms with van der Waals surface area (Å²) in [5.41, 5.74) is 1.50. The lowest BCUT2D eigenvalue weighted by Gasteiger charge is -2.37. The van der Waals surface area contributed by atoms with Gasteiger partial charge >= 0.3 is 5.97 Å². The van der Waals surface area contributed by atoms with Crippen LogP contribution in [0.3, 0.4) is 0 Å². The number of hydrogen-bond acceptors (Lipinski definition) is 6. The number of hydrogen-bond donors (Lipinski definition) is 1. The number of fused-ring (bicyclic) bond motifs is 1. The molecule has 2 amide bonds. The number of rotatable bonds is 12. The monoisotopic (exact) mass is 510 g/mol. The first-order valence-corrected chi connectivity index (χ1v) is 13.2. The Morgan fingerprint density at radius 2 is 1.97 bits per heavy atom. The molecule has 5 atom stereocenters. The van der Waals surface area contributed by atoms with Gasteiger partial charge in [-0.3, -0.25) is 14.4 Å². The topological polar surface area (TPSA) is 96.4 Å². The van der Waals surface area contributed by atoms with Crippen LogP contribution in [0.4, 0.5) is 5.69 Å². The number of likely N-dealkylation sites (tertiary alicyclic amines) is 1. The Hall–Kier alpha value is -2.97. The predicted octanol–water partition coefficient (Wildman–Crippen LogP) is 3.09. The van der Waals surface area contributed by atoms with Gasteiger partial charge in [0.2, 0.25) is 5.91 Å². The molecule has 2 bridgehead atoms. The van der Waals surface area contributed by atoms with Gasteiger partial charge in [0.15, 0.2) is 0 Å². The van der Waals surface area contributed by atoms with Crippen LogP contribution in [0.5, 0.6) is 0 Å². The standard InChI is InChI=1S/C29H38N2O6/c1-5-7-8-9-18-36-28(35)22-21-13-14-29(37-21)23(22)26(33)31(16-17-32)25(29)27(34)30(15-6-2)24-19(3)11-10-12-20(24)4/h5-6,10-12,21-23,25,32H,1-2,7-9,13-18H2,3-4H3/t21-,22+,23+,25?,29?/m1/s1.